The topological polar surface area (TPSA) is 134 Å². The van der Waals surface area contributed by atoms with Crippen molar-refractivity contribution in [3.63, 3.8) is 0 Å². The molecule has 5 rings (SSSR count). The van der Waals surface area contributed by atoms with Crippen molar-refractivity contribution in [3.05, 3.63) is 72.2 Å². The molecule has 1 aliphatic carbocycles. The van der Waals surface area contributed by atoms with E-state index in [4.69, 9.17) is 18.6 Å². The normalized spacial score (nSPS) is 13.8. The first-order chi connectivity index (χ1) is 21.0. The zero-order valence-corrected chi connectivity index (χ0v) is 24.6. The van der Waals surface area contributed by atoms with Crippen molar-refractivity contribution in [2.24, 2.45) is 0 Å². The molecule has 1 N–H and O–H groups in total. The molecule has 4 aromatic rings. The molecule has 2 heterocycles. The van der Waals surface area contributed by atoms with Crippen LogP contribution in [0.4, 0.5) is 0 Å². The van der Waals surface area contributed by atoms with Crippen LogP contribution < -0.4 is 19.5 Å². The summed E-state index contributed by atoms with van der Waals surface area (Å²) in [5.41, 5.74) is 1.64. The molecule has 43 heavy (non-hydrogen) atoms. The van der Waals surface area contributed by atoms with Crippen molar-refractivity contribution in [1.82, 2.24) is 30.4 Å². The van der Waals surface area contributed by atoms with Crippen LogP contribution in [0.25, 0.3) is 11.4 Å². The summed E-state index contributed by atoms with van der Waals surface area (Å²) in [5, 5.41) is 15.8. The third-order valence-electron chi connectivity index (χ3n) is 7.56. The van der Waals surface area contributed by atoms with Gasteiger partial charge in [-0.05, 0) is 78.6 Å². The first kappa shape index (κ1) is 29.6. The third kappa shape index (κ3) is 7.14. The van der Waals surface area contributed by atoms with E-state index in [1.165, 1.54) is 16.0 Å². The number of rotatable bonds is 13. The number of furan rings is 1. The highest BCUT2D eigenvalue weighted by atomic mass is 16.5. The van der Waals surface area contributed by atoms with Gasteiger partial charge in [-0.3, -0.25) is 9.59 Å². The molecular formula is C31H36N6O6. The minimum Gasteiger partial charge on any atom is -0.497 e. The number of nitrogens with one attached hydrogen (secondary N) is 1. The van der Waals surface area contributed by atoms with Gasteiger partial charge in [0.1, 0.15) is 18.1 Å². The number of hydrogen-bond donors (Lipinski definition) is 1. The molecule has 0 unspecified atom stereocenters. The minimum absolute atomic E-state index is 0.0665. The minimum atomic E-state index is -0.979. The predicted octanol–water partition coefficient (Wildman–Crippen LogP) is 3.83. The molecule has 0 spiro atoms. The molecule has 12 nitrogen and oxygen atoms in total. The Kier molecular flexibility index (Phi) is 9.55. The molecule has 1 fully saturated rings. The van der Waals surface area contributed by atoms with Crippen LogP contribution in [-0.2, 0) is 22.6 Å². The predicted molar refractivity (Wildman–Crippen MR) is 157 cm³/mol. The van der Waals surface area contributed by atoms with Crippen LogP contribution >= 0.6 is 0 Å². The number of hydrogen-bond acceptors (Lipinski definition) is 9. The number of methoxy groups -OCH3 is 3. The van der Waals surface area contributed by atoms with E-state index in [-0.39, 0.29) is 30.9 Å². The van der Waals surface area contributed by atoms with Gasteiger partial charge in [0.05, 0.1) is 27.6 Å². The summed E-state index contributed by atoms with van der Waals surface area (Å²) in [6.45, 7) is 0.000803. The zero-order valence-electron chi connectivity index (χ0n) is 24.6. The van der Waals surface area contributed by atoms with Crippen molar-refractivity contribution in [2.75, 3.05) is 27.9 Å². The van der Waals surface area contributed by atoms with Gasteiger partial charge in [-0.25, -0.2) is 0 Å². The van der Waals surface area contributed by atoms with Gasteiger partial charge in [-0.1, -0.05) is 18.9 Å². The molecular weight excluding hydrogens is 552 g/mol. The van der Waals surface area contributed by atoms with Crippen molar-refractivity contribution >= 4 is 11.8 Å². The Hall–Kier alpha value is -4.87. The van der Waals surface area contributed by atoms with Gasteiger partial charge in [0.15, 0.2) is 17.5 Å². The van der Waals surface area contributed by atoms with Crippen molar-refractivity contribution in [3.8, 4) is 28.6 Å². The van der Waals surface area contributed by atoms with E-state index in [0.29, 0.717) is 35.3 Å². The fourth-order valence-corrected chi connectivity index (χ4v) is 5.28. The summed E-state index contributed by atoms with van der Waals surface area (Å²) in [5.74, 6) is 1.99. The fraction of sp³-hybridized carbons (Fsp3) is 0.387. The fourth-order valence-electron chi connectivity index (χ4n) is 5.28. The standard InChI is InChI=1S/C31H36N6O6/c1-40-24-13-11-22(12-14-24)30-33-35-37(34-30)20-28(38)36(17-16-21-10-15-25(41-2)27(19-21)42-3)29(26-9-6-18-43-26)31(39)32-23-7-4-5-8-23/h6,9-15,18-19,23,29H,4-5,7-8,16-17,20H2,1-3H3,(H,32,39)/t29-/m0/s1. The van der Waals surface area contributed by atoms with Crippen molar-refractivity contribution in [2.45, 2.75) is 50.7 Å². The van der Waals surface area contributed by atoms with E-state index in [1.807, 2.05) is 30.3 Å². The van der Waals surface area contributed by atoms with Gasteiger partial charge in [-0.2, -0.15) is 4.80 Å². The lowest BCUT2D eigenvalue weighted by molar-refractivity contribution is -0.142. The van der Waals surface area contributed by atoms with Crippen LogP contribution in [0, 0.1) is 0 Å². The molecule has 1 aliphatic rings. The Morgan fingerprint density at radius 3 is 2.47 bits per heavy atom. The number of ether oxygens (including phenoxy) is 3. The average Bonchev–Trinajstić information content (AvgIpc) is 3.83. The van der Waals surface area contributed by atoms with E-state index in [2.05, 4.69) is 20.7 Å². The second-order valence-electron chi connectivity index (χ2n) is 10.3. The molecule has 1 saturated carbocycles. The Morgan fingerprint density at radius 1 is 1.02 bits per heavy atom. The maximum atomic E-state index is 14.0. The molecule has 0 aliphatic heterocycles. The SMILES string of the molecule is COc1ccc(-c2nnn(CC(=O)N(CCc3ccc(OC)c(OC)c3)[C@H](C(=O)NC3CCCC3)c3ccco3)n2)cc1. The molecule has 2 aromatic heterocycles. The summed E-state index contributed by atoms with van der Waals surface area (Å²) < 4.78 is 21.8. The van der Waals surface area contributed by atoms with E-state index >= 15 is 0 Å². The number of benzene rings is 2. The molecule has 2 aromatic carbocycles. The maximum Gasteiger partial charge on any atom is 0.250 e. The maximum absolute atomic E-state index is 14.0. The number of amides is 2. The number of nitrogens with zero attached hydrogens (tertiary/aromatic N) is 5. The van der Waals surface area contributed by atoms with Crippen molar-refractivity contribution < 1.29 is 28.2 Å². The molecule has 12 heteroatoms. The summed E-state index contributed by atoms with van der Waals surface area (Å²) >= 11 is 0. The number of tetrazole rings is 1. The van der Waals surface area contributed by atoms with Crippen LogP contribution in [0.5, 0.6) is 17.2 Å². The van der Waals surface area contributed by atoms with E-state index < -0.39 is 6.04 Å². The van der Waals surface area contributed by atoms with Crippen LogP contribution in [-0.4, -0.2) is 70.8 Å². The van der Waals surface area contributed by atoms with Gasteiger partial charge in [0.25, 0.3) is 5.91 Å². The van der Waals surface area contributed by atoms with Gasteiger partial charge in [0.2, 0.25) is 11.7 Å². The summed E-state index contributed by atoms with van der Waals surface area (Å²) in [4.78, 5) is 30.5. The molecule has 0 radical (unpaired) electrons. The number of carbonyl (C=O) groups is 2. The highest BCUT2D eigenvalue weighted by Gasteiger charge is 2.35. The van der Waals surface area contributed by atoms with Gasteiger partial charge in [-0.15, -0.1) is 10.2 Å². The molecule has 226 valence electrons. The van der Waals surface area contributed by atoms with Crippen molar-refractivity contribution in [1.29, 1.82) is 0 Å². The first-order valence-corrected chi connectivity index (χ1v) is 14.3. The van der Waals surface area contributed by atoms with Crippen LogP contribution in [0.1, 0.15) is 43.0 Å². The van der Waals surface area contributed by atoms with E-state index in [1.54, 1.807) is 45.6 Å². The molecule has 2 amide bonds. The quantitative estimate of drug-likeness (QED) is 0.247. The third-order valence-corrected chi connectivity index (χ3v) is 7.56. The van der Waals surface area contributed by atoms with Crippen LogP contribution in [0.3, 0.4) is 0 Å². The lowest BCUT2D eigenvalue weighted by Gasteiger charge is -2.30. The lowest BCUT2D eigenvalue weighted by Crippen LogP contribution is -2.47. The second kappa shape index (κ2) is 13.9. The Morgan fingerprint density at radius 2 is 1.79 bits per heavy atom. The summed E-state index contributed by atoms with van der Waals surface area (Å²) in [6, 6.07) is 15.3. The largest absolute Gasteiger partial charge is 0.497 e. The van der Waals surface area contributed by atoms with Crippen LogP contribution in [0.2, 0.25) is 0 Å². The Balaban J connectivity index is 1.41. The van der Waals surface area contributed by atoms with Gasteiger partial charge in [0, 0.05) is 18.2 Å². The number of carbonyl (C=O) groups excluding carboxylic acids is 2. The highest BCUT2D eigenvalue weighted by Crippen LogP contribution is 2.29. The first-order valence-electron chi connectivity index (χ1n) is 14.3. The monoisotopic (exact) mass is 588 g/mol. The zero-order chi connectivity index (χ0) is 30.2. The average molecular weight is 589 g/mol. The van der Waals surface area contributed by atoms with Gasteiger partial charge < -0.3 is 28.8 Å². The molecule has 0 bridgehead atoms. The highest BCUT2D eigenvalue weighted by molar-refractivity contribution is 5.88. The Bertz CT molecular complexity index is 1500. The number of aromatic nitrogens is 4. The summed E-state index contributed by atoms with van der Waals surface area (Å²) in [6.07, 6.45) is 5.89. The lowest BCUT2D eigenvalue weighted by atomic mass is 10.1. The van der Waals surface area contributed by atoms with E-state index in [9.17, 15) is 9.59 Å². The van der Waals surface area contributed by atoms with Gasteiger partial charge >= 0.3 is 0 Å². The molecule has 0 saturated heterocycles. The van der Waals surface area contributed by atoms with E-state index in [0.717, 1.165) is 36.8 Å². The summed E-state index contributed by atoms with van der Waals surface area (Å²) in [7, 11) is 4.74. The smallest absolute Gasteiger partial charge is 0.250 e. The van der Waals surface area contributed by atoms with Crippen LogP contribution in [0.15, 0.2) is 65.3 Å². The second-order valence-corrected chi connectivity index (χ2v) is 10.3. The Labute approximate surface area is 249 Å². The molecule has 1 atom stereocenters.